The normalized spacial score (nSPS) is 13.1. The Morgan fingerprint density at radius 1 is 0.743 bits per heavy atom. The number of pyridine rings is 1. The van der Waals surface area contributed by atoms with Crippen LogP contribution in [-0.4, -0.2) is 22.2 Å². The molecule has 0 radical (unpaired) electrons. The van der Waals surface area contributed by atoms with Crippen LogP contribution in [0.2, 0.25) is 0 Å². The van der Waals surface area contributed by atoms with Crippen LogP contribution >= 0.6 is 43.2 Å². The number of benzene rings is 2. The Hall–Kier alpha value is -1.05. The number of hydrogen-bond acceptors (Lipinski definition) is 5. The first kappa shape index (κ1) is 28.5. The van der Waals surface area contributed by atoms with Crippen molar-refractivity contribution < 1.29 is 9.67 Å². The van der Waals surface area contributed by atoms with E-state index in [-0.39, 0.29) is 6.61 Å². The van der Waals surface area contributed by atoms with Gasteiger partial charge in [-0.2, -0.15) is 4.57 Å². The van der Waals surface area contributed by atoms with Crippen molar-refractivity contribution in [2.24, 2.45) is 7.05 Å². The fraction of sp³-hybridized carbons (Fsp3) is 0.414. The zero-order valence-electron chi connectivity index (χ0n) is 21.3. The molecule has 2 atom stereocenters. The molecule has 2 nitrogen and oxygen atoms in total. The van der Waals surface area contributed by atoms with Gasteiger partial charge < -0.3 is 5.11 Å². The number of aliphatic hydroxyl groups excluding tert-OH is 1. The van der Waals surface area contributed by atoms with E-state index < -0.39 is 0 Å². The molecule has 6 heteroatoms. The third-order valence-electron chi connectivity index (χ3n) is 6.13. The van der Waals surface area contributed by atoms with Crippen LogP contribution in [0.4, 0.5) is 0 Å². The molecule has 0 aliphatic rings. The summed E-state index contributed by atoms with van der Waals surface area (Å²) in [5, 5.41) is 11.8. The average Bonchev–Trinajstić information content (AvgIpc) is 2.86. The SMILES string of the molecule is Cc1ccccc1CCC(C)SSc1cccc(CCC(C)SSc2ccccc2CCO)[n+]1C. The lowest BCUT2D eigenvalue weighted by Gasteiger charge is -2.13. The van der Waals surface area contributed by atoms with Gasteiger partial charge in [-0.15, -0.1) is 0 Å². The zero-order valence-corrected chi connectivity index (χ0v) is 24.5. The van der Waals surface area contributed by atoms with Gasteiger partial charge in [-0.1, -0.05) is 88.7 Å². The number of rotatable bonds is 14. The van der Waals surface area contributed by atoms with Gasteiger partial charge >= 0.3 is 0 Å². The number of hydrogen-bond donors (Lipinski definition) is 1. The van der Waals surface area contributed by atoms with Gasteiger partial charge in [-0.05, 0) is 61.4 Å². The van der Waals surface area contributed by atoms with Crippen molar-refractivity contribution in [3.8, 4) is 0 Å². The van der Waals surface area contributed by atoms with Gasteiger partial charge in [-0.25, -0.2) is 0 Å². The van der Waals surface area contributed by atoms with Crippen LogP contribution in [0.25, 0.3) is 0 Å². The van der Waals surface area contributed by atoms with Crippen molar-refractivity contribution in [2.75, 3.05) is 6.61 Å². The van der Waals surface area contributed by atoms with Gasteiger partial charge in [0.1, 0.15) is 7.05 Å². The highest BCUT2D eigenvalue weighted by atomic mass is 33.1. The van der Waals surface area contributed by atoms with E-state index >= 15 is 0 Å². The van der Waals surface area contributed by atoms with E-state index in [2.05, 4.69) is 99.1 Å². The number of nitrogens with zero attached hydrogens (tertiary/aromatic N) is 1. The molecule has 0 fully saturated rings. The Labute approximate surface area is 227 Å². The minimum Gasteiger partial charge on any atom is -0.396 e. The third-order valence-corrected chi connectivity index (χ3v) is 12.2. The lowest BCUT2D eigenvalue weighted by atomic mass is 10.0. The highest BCUT2D eigenvalue weighted by molar-refractivity contribution is 8.77. The summed E-state index contributed by atoms with van der Waals surface area (Å²) in [4.78, 5) is 1.27. The predicted octanol–water partition coefficient (Wildman–Crippen LogP) is 7.88. The smallest absolute Gasteiger partial charge is 0.250 e. The van der Waals surface area contributed by atoms with Gasteiger partial charge in [-0.3, -0.25) is 0 Å². The molecule has 0 saturated heterocycles. The lowest BCUT2D eigenvalue weighted by Crippen LogP contribution is -2.36. The average molecular weight is 545 g/mol. The molecular weight excluding hydrogens is 507 g/mol. The molecule has 0 saturated carbocycles. The van der Waals surface area contributed by atoms with E-state index in [9.17, 15) is 5.11 Å². The molecule has 188 valence electrons. The van der Waals surface area contributed by atoms with Crippen molar-refractivity contribution in [1.29, 1.82) is 0 Å². The summed E-state index contributed by atoms with van der Waals surface area (Å²) < 4.78 is 2.37. The zero-order chi connectivity index (χ0) is 25.0. The summed E-state index contributed by atoms with van der Waals surface area (Å²) in [5.41, 5.74) is 5.50. The van der Waals surface area contributed by atoms with Gasteiger partial charge in [0.15, 0.2) is 5.69 Å². The summed E-state index contributed by atoms with van der Waals surface area (Å²) in [6.07, 6.45) is 5.28. The molecule has 0 bridgehead atoms. The largest absolute Gasteiger partial charge is 0.396 e. The van der Waals surface area contributed by atoms with Crippen LogP contribution < -0.4 is 4.57 Å². The van der Waals surface area contributed by atoms with E-state index in [0.29, 0.717) is 10.5 Å². The second-order valence-electron chi connectivity index (χ2n) is 8.98. The van der Waals surface area contributed by atoms with Gasteiger partial charge in [0, 0.05) is 51.3 Å². The standard InChI is InChI=1S/C29H38NOS4/c1-22-10-5-6-11-25(22)18-16-23(2)33-35-29-15-9-13-27(30(29)4)19-17-24(3)32-34-28-14-8-7-12-26(28)20-21-31/h5-15,23-24,31H,16-21H2,1-4H3/q+1. The van der Waals surface area contributed by atoms with Crippen LogP contribution in [0.1, 0.15) is 49.1 Å². The second-order valence-corrected chi connectivity index (χ2v) is 14.3. The van der Waals surface area contributed by atoms with E-state index in [1.165, 1.54) is 38.7 Å². The Balaban J connectivity index is 1.45. The lowest BCUT2D eigenvalue weighted by molar-refractivity contribution is -0.715. The van der Waals surface area contributed by atoms with Crippen LogP contribution in [0.5, 0.6) is 0 Å². The maximum Gasteiger partial charge on any atom is 0.250 e. The third kappa shape index (κ3) is 9.40. The van der Waals surface area contributed by atoms with E-state index in [0.717, 1.165) is 25.7 Å². The molecule has 2 unspecified atom stereocenters. The van der Waals surface area contributed by atoms with Crippen molar-refractivity contribution in [3.05, 3.63) is 89.1 Å². The fourth-order valence-corrected chi connectivity index (χ4v) is 8.71. The minimum atomic E-state index is 0.201. The first-order valence-electron chi connectivity index (χ1n) is 12.4. The molecule has 3 aromatic rings. The summed E-state index contributed by atoms with van der Waals surface area (Å²) in [5.74, 6) is 0. The summed E-state index contributed by atoms with van der Waals surface area (Å²) in [6, 6.07) is 23.9. The van der Waals surface area contributed by atoms with Crippen LogP contribution in [0.3, 0.4) is 0 Å². The first-order valence-corrected chi connectivity index (χ1v) is 16.8. The number of aryl methyl sites for hydroxylation is 3. The quantitative estimate of drug-likeness (QED) is 0.164. The van der Waals surface area contributed by atoms with Crippen LogP contribution in [0.15, 0.2) is 76.7 Å². The monoisotopic (exact) mass is 544 g/mol. The van der Waals surface area contributed by atoms with E-state index in [1.807, 2.05) is 43.2 Å². The van der Waals surface area contributed by atoms with E-state index in [1.54, 1.807) is 0 Å². The molecule has 0 aliphatic heterocycles. The maximum absolute atomic E-state index is 9.31. The minimum absolute atomic E-state index is 0.201. The Bertz CT molecular complexity index is 1060. The van der Waals surface area contributed by atoms with Crippen molar-refractivity contribution in [1.82, 2.24) is 0 Å². The first-order chi connectivity index (χ1) is 17.0. The molecule has 1 aromatic heterocycles. The molecule has 35 heavy (non-hydrogen) atoms. The molecule has 0 aliphatic carbocycles. The summed E-state index contributed by atoms with van der Waals surface area (Å²) in [6.45, 7) is 7.07. The summed E-state index contributed by atoms with van der Waals surface area (Å²) in [7, 11) is 9.87. The van der Waals surface area contributed by atoms with Crippen LogP contribution in [0, 0.1) is 6.92 Å². The molecule has 0 amide bonds. The van der Waals surface area contributed by atoms with Crippen molar-refractivity contribution >= 4 is 43.2 Å². The molecular formula is C29H38NOS4+. The van der Waals surface area contributed by atoms with Gasteiger partial charge in [0.05, 0.1) is 0 Å². The molecule has 3 rings (SSSR count). The molecule has 2 aromatic carbocycles. The van der Waals surface area contributed by atoms with Crippen LogP contribution in [-0.2, 0) is 26.3 Å². The van der Waals surface area contributed by atoms with E-state index in [4.69, 9.17) is 0 Å². The number of aromatic nitrogens is 1. The number of aliphatic hydroxyl groups is 1. The Kier molecular flexibility index (Phi) is 12.4. The fourth-order valence-electron chi connectivity index (χ4n) is 3.82. The molecule has 1 heterocycles. The molecule has 1 N–H and O–H groups in total. The Morgan fingerprint density at radius 3 is 2.14 bits per heavy atom. The van der Waals surface area contributed by atoms with Crippen molar-refractivity contribution in [2.45, 2.75) is 73.3 Å². The van der Waals surface area contributed by atoms with Crippen molar-refractivity contribution in [3.63, 3.8) is 0 Å². The highest BCUT2D eigenvalue weighted by Gasteiger charge is 2.17. The summed E-state index contributed by atoms with van der Waals surface area (Å²) >= 11 is 0. The topological polar surface area (TPSA) is 24.1 Å². The second kappa shape index (κ2) is 15.3. The van der Waals surface area contributed by atoms with Gasteiger partial charge in [0.25, 0.3) is 5.03 Å². The van der Waals surface area contributed by atoms with Gasteiger partial charge in [0.2, 0.25) is 0 Å². The predicted molar refractivity (Wildman–Crippen MR) is 158 cm³/mol. The molecule has 0 spiro atoms. The maximum atomic E-state index is 9.31. The highest BCUT2D eigenvalue weighted by Crippen LogP contribution is 2.38. The Morgan fingerprint density at radius 2 is 1.40 bits per heavy atom.